The Morgan fingerprint density at radius 1 is 1.26 bits per heavy atom. The molecule has 0 unspecified atom stereocenters. The Hall–Kier alpha value is -2.27. The van der Waals surface area contributed by atoms with Crippen LogP contribution in [-0.2, 0) is 13.2 Å². The van der Waals surface area contributed by atoms with Crippen LogP contribution in [0.1, 0.15) is 17.0 Å². The number of benzene rings is 1. The molecule has 0 atom stereocenters. The number of pyridine rings is 1. The van der Waals surface area contributed by atoms with Gasteiger partial charge in [-0.25, -0.2) is 4.68 Å². The van der Waals surface area contributed by atoms with Gasteiger partial charge in [0, 0.05) is 11.1 Å². The molecule has 0 spiro atoms. The summed E-state index contributed by atoms with van der Waals surface area (Å²) in [6.07, 6.45) is 1.75. The fourth-order valence-electron chi connectivity index (χ4n) is 2.19. The van der Waals surface area contributed by atoms with Crippen molar-refractivity contribution in [2.75, 3.05) is 0 Å². The molecule has 0 fully saturated rings. The van der Waals surface area contributed by atoms with E-state index in [2.05, 4.69) is 27.4 Å². The molecule has 0 amide bonds. The minimum Gasteiger partial charge on any atom is -0.390 e. The van der Waals surface area contributed by atoms with Gasteiger partial charge in [-0.05, 0) is 24.6 Å². The van der Waals surface area contributed by atoms with Gasteiger partial charge in [0.05, 0.1) is 24.9 Å². The largest absolute Gasteiger partial charge is 0.390 e. The molecule has 3 rings (SSSR count). The summed E-state index contributed by atoms with van der Waals surface area (Å²) in [6.45, 7) is 2.52. The van der Waals surface area contributed by atoms with Crippen LogP contribution >= 0.6 is 0 Å². The Bertz CT molecular complexity index is 720. The molecule has 0 aliphatic heterocycles. The maximum Gasteiger partial charge on any atom is 0.108 e. The molecule has 1 N–H and O–H groups in total. The third-order valence-electron chi connectivity index (χ3n) is 3.01. The van der Waals surface area contributed by atoms with Gasteiger partial charge in [0.2, 0.25) is 0 Å². The van der Waals surface area contributed by atoms with E-state index in [0.717, 1.165) is 22.2 Å². The molecular weight excluding hydrogens is 240 g/mol. The molecule has 2 aromatic heterocycles. The first kappa shape index (κ1) is 11.8. The SMILES string of the molecule is Cc1cc(Cn2cc(CO)nn2)c2ccccc2n1. The first-order valence-electron chi connectivity index (χ1n) is 6.11. The average Bonchev–Trinajstić information content (AvgIpc) is 2.86. The van der Waals surface area contributed by atoms with Crippen LogP contribution in [0.15, 0.2) is 36.5 Å². The highest BCUT2D eigenvalue weighted by atomic mass is 16.3. The van der Waals surface area contributed by atoms with E-state index in [9.17, 15) is 0 Å². The zero-order chi connectivity index (χ0) is 13.2. The molecule has 5 heteroatoms. The molecule has 5 nitrogen and oxygen atoms in total. The van der Waals surface area contributed by atoms with E-state index in [1.165, 1.54) is 0 Å². The molecule has 2 heterocycles. The Kier molecular flexibility index (Phi) is 2.97. The number of hydrogen-bond acceptors (Lipinski definition) is 4. The van der Waals surface area contributed by atoms with Gasteiger partial charge < -0.3 is 5.11 Å². The summed E-state index contributed by atoms with van der Waals surface area (Å²) < 4.78 is 1.73. The van der Waals surface area contributed by atoms with Crippen LogP contribution in [-0.4, -0.2) is 25.1 Å². The lowest BCUT2D eigenvalue weighted by Gasteiger charge is -2.07. The molecule has 3 aromatic rings. The highest BCUT2D eigenvalue weighted by molar-refractivity contribution is 5.82. The number of aliphatic hydroxyl groups excluding tert-OH is 1. The van der Waals surface area contributed by atoms with Crippen molar-refractivity contribution in [1.29, 1.82) is 0 Å². The van der Waals surface area contributed by atoms with E-state index in [-0.39, 0.29) is 6.61 Å². The van der Waals surface area contributed by atoms with Gasteiger partial charge >= 0.3 is 0 Å². The molecule has 0 aliphatic carbocycles. The Balaban J connectivity index is 2.04. The fraction of sp³-hybridized carbons (Fsp3) is 0.214. The summed E-state index contributed by atoms with van der Waals surface area (Å²) in [5.74, 6) is 0. The molecule has 0 aliphatic rings. The molecule has 0 bridgehead atoms. The topological polar surface area (TPSA) is 63.8 Å². The minimum atomic E-state index is -0.0872. The van der Waals surface area contributed by atoms with Crippen LogP contribution in [0, 0.1) is 6.92 Å². The average molecular weight is 254 g/mol. The van der Waals surface area contributed by atoms with Crippen molar-refractivity contribution in [3.8, 4) is 0 Å². The molecular formula is C14H14N4O. The van der Waals surface area contributed by atoms with Crippen molar-refractivity contribution in [1.82, 2.24) is 20.0 Å². The van der Waals surface area contributed by atoms with Crippen LogP contribution < -0.4 is 0 Å². The first-order valence-corrected chi connectivity index (χ1v) is 6.11. The number of aromatic nitrogens is 4. The van der Waals surface area contributed by atoms with Gasteiger partial charge in [-0.3, -0.25) is 4.98 Å². The van der Waals surface area contributed by atoms with Crippen molar-refractivity contribution in [2.24, 2.45) is 0 Å². The normalized spacial score (nSPS) is 11.1. The minimum absolute atomic E-state index is 0.0872. The molecule has 0 radical (unpaired) electrons. The summed E-state index contributed by atoms with van der Waals surface area (Å²) in [4.78, 5) is 4.51. The smallest absolute Gasteiger partial charge is 0.108 e. The lowest BCUT2D eigenvalue weighted by Crippen LogP contribution is -2.02. The van der Waals surface area contributed by atoms with E-state index in [0.29, 0.717) is 12.2 Å². The number of fused-ring (bicyclic) bond motifs is 1. The summed E-state index contributed by atoms with van der Waals surface area (Å²) in [7, 11) is 0. The van der Waals surface area contributed by atoms with Crippen molar-refractivity contribution in [3.05, 3.63) is 53.5 Å². The van der Waals surface area contributed by atoms with Crippen LogP contribution in [0.5, 0.6) is 0 Å². The number of aryl methyl sites for hydroxylation is 1. The molecule has 96 valence electrons. The van der Waals surface area contributed by atoms with Crippen LogP contribution in [0.3, 0.4) is 0 Å². The number of nitrogens with zero attached hydrogens (tertiary/aromatic N) is 4. The van der Waals surface area contributed by atoms with Gasteiger partial charge in [-0.2, -0.15) is 0 Å². The molecule has 19 heavy (non-hydrogen) atoms. The number of aliphatic hydroxyl groups is 1. The third-order valence-corrected chi connectivity index (χ3v) is 3.01. The Morgan fingerprint density at radius 2 is 2.11 bits per heavy atom. The highest BCUT2D eigenvalue weighted by Crippen LogP contribution is 2.18. The zero-order valence-electron chi connectivity index (χ0n) is 10.6. The highest BCUT2D eigenvalue weighted by Gasteiger charge is 2.06. The number of para-hydroxylation sites is 1. The number of rotatable bonds is 3. The monoisotopic (exact) mass is 254 g/mol. The van der Waals surface area contributed by atoms with E-state index >= 15 is 0 Å². The summed E-state index contributed by atoms with van der Waals surface area (Å²) in [5, 5.41) is 18.0. The van der Waals surface area contributed by atoms with Crippen LogP contribution in [0.2, 0.25) is 0 Å². The van der Waals surface area contributed by atoms with Gasteiger partial charge in [0.25, 0.3) is 0 Å². The second-order valence-corrected chi connectivity index (χ2v) is 4.51. The van der Waals surface area contributed by atoms with Gasteiger partial charge in [-0.15, -0.1) is 5.10 Å². The maximum absolute atomic E-state index is 9.01. The maximum atomic E-state index is 9.01. The Morgan fingerprint density at radius 3 is 2.89 bits per heavy atom. The Labute approximate surface area is 110 Å². The predicted molar refractivity (Wildman–Crippen MR) is 71.5 cm³/mol. The van der Waals surface area contributed by atoms with Crippen molar-refractivity contribution in [3.63, 3.8) is 0 Å². The van der Waals surface area contributed by atoms with Gasteiger partial charge in [0.15, 0.2) is 0 Å². The quantitative estimate of drug-likeness (QED) is 0.772. The van der Waals surface area contributed by atoms with Gasteiger partial charge in [0.1, 0.15) is 5.69 Å². The summed E-state index contributed by atoms with van der Waals surface area (Å²) in [6, 6.07) is 10.1. The summed E-state index contributed by atoms with van der Waals surface area (Å²) in [5.41, 5.74) is 3.70. The lowest BCUT2D eigenvalue weighted by atomic mass is 10.1. The van der Waals surface area contributed by atoms with Crippen molar-refractivity contribution in [2.45, 2.75) is 20.1 Å². The van der Waals surface area contributed by atoms with Crippen molar-refractivity contribution >= 4 is 10.9 Å². The van der Waals surface area contributed by atoms with Crippen LogP contribution in [0.25, 0.3) is 10.9 Å². The molecule has 0 saturated carbocycles. The second kappa shape index (κ2) is 4.78. The van der Waals surface area contributed by atoms with E-state index in [1.54, 1.807) is 10.9 Å². The first-order chi connectivity index (χ1) is 9.26. The zero-order valence-corrected chi connectivity index (χ0v) is 10.6. The standard InChI is InChI=1S/C14H14N4O/c1-10-6-11(7-18-8-12(9-19)16-17-18)13-4-2-3-5-14(13)15-10/h2-6,8,19H,7,9H2,1H3. The van der Waals surface area contributed by atoms with Gasteiger partial charge in [-0.1, -0.05) is 23.4 Å². The second-order valence-electron chi connectivity index (χ2n) is 4.51. The predicted octanol–water partition coefficient (Wildman–Crippen LogP) is 1.68. The lowest BCUT2D eigenvalue weighted by molar-refractivity contribution is 0.276. The third kappa shape index (κ3) is 2.32. The number of hydrogen-bond donors (Lipinski definition) is 1. The molecule has 0 saturated heterocycles. The van der Waals surface area contributed by atoms with E-state index in [4.69, 9.17) is 5.11 Å². The van der Waals surface area contributed by atoms with E-state index < -0.39 is 0 Å². The van der Waals surface area contributed by atoms with Crippen molar-refractivity contribution < 1.29 is 5.11 Å². The van der Waals surface area contributed by atoms with Crippen LogP contribution in [0.4, 0.5) is 0 Å². The summed E-state index contributed by atoms with van der Waals surface area (Å²) >= 11 is 0. The molecule has 1 aromatic carbocycles. The fourth-order valence-corrected chi connectivity index (χ4v) is 2.19. The van der Waals surface area contributed by atoms with E-state index in [1.807, 2.05) is 25.1 Å².